The third-order valence-electron chi connectivity index (χ3n) is 7.62. The molecule has 0 aromatic heterocycles. The number of benzene rings is 2. The smallest absolute Gasteiger partial charge is 0.410 e. The van der Waals surface area contributed by atoms with Gasteiger partial charge in [0, 0.05) is 53.9 Å². The lowest BCUT2D eigenvalue weighted by atomic mass is 9.83. The van der Waals surface area contributed by atoms with Crippen molar-refractivity contribution < 1.29 is 38.8 Å². The Labute approximate surface area is 249 Å². The molecule has 3 aliphatic rings. The van der Waals surface area contributed by atoms with E-state index in [-0.39, 0.29) is 47.5 Å². The first-order valence-electron chi connectivity index (χ1n) is 13.5. The molecule has 2 fully saturated rings. The van der Waals surface area contributed by atoms with E-state index in [1.54, 1.807) is 4.90 Å². The third-order valence-corrected chi connectivity index (χ3v) is 8.98. The van der Waals surface area contributed by atoms with Crippen molar-refractivity contribution in [3.63, 3.8) is 0 Å². The molecule has 43 heavy (non-hydrogen) atoms. The first-order chi connectivity index (χ1) is 20.5. The van der Waals surface area contributed by atoms with Gasteiger partial charge in [-0.2, -0.15) is 0 Å². The number of carbonyl (C=O) groups is 3. The van der Waals surface area contributed by atoms with Gasteiger partial charge in [-0.25, -0.2) is 9.59 Å². The van der Waals surface area contributed by atoms with Crippen LogP contribution >= 0.6 is 11.8 Å². The van der Waals surface area contributed by atoms with Gasteiger partial charge in [0.25, 0.3) is 11.4 Å². The van der Waals surface area contributed by atoms with Crippen molar-refractivity contribution in [2.75, 3.05) is 13.1 Å². The van der Waals surface area contributed by atoms with Gasteiger partial charge in [0.15, 0.2) is 0 Å². The lowest BCUT2D eigenvalue weighted by molar-refractivity contribution is -0.385. The summed E-state index contributed by atoms with van der Waals surface area (Å²) in [5, 5.41) is 31.8. The lowest BCUT2D eigenvalue weighted by Gasteiger charge is -2.44. The molecular formula is C28H28N4O10S. The molecule has 5 rings (SSSR count). The molecule has 3 heterocycles. The molecule has 0 spiro atoms. The molecule has 2 amide bonds. The minimum absolute atomic E-state index is 0.0411. The highest BCUT2D eigenvalue weighted by Crippen LogP contribution is 2.49. The van der Waals surface area contributed by atoms with Crippen LogP contribution in [0, 0.1) is 26.1 Å². The van der Waals surface area contributed by atoms with Gasteiger partial charge in [-0.05, 0) is 48.7 Å². The van der Waals surface area contributed by atoms with Crippen LogP contribution in [-0.2, 0) is 32.3 Å². The van der Waals surface area contributed by atoms with E-state index in [2.05, 4.69) is 0 Å². The normalized spacial score (nSPS) is 21.7. The summed E-state index contributed by atoms with van der Waals surface area (Å²) in [4.78, 5) is 63.1. The number of esters is 1. The highest BCUT2D eigenvalue weighted by atomic mass is 32.2. The van der Waals surface area contributed by atoms with Gasteiger partial charge in [-0.1, -0.05) is 0 Å². The second kappa shape index (κ2) is 12.4. The van der Waals surface area contributed by atoms with Crippen LogP contribution in [0.5, 0.6) is 0 Å². The van der Waals surface area contributed by atoms with Crippen molar-refractivity contribution in [3.05, 3.63) is 90.5 Å². The molecule has 2 saturated heterocycles. The fraction of sp³-hybridized carbons (Fsp3) is 0.393. The standard InChI is InChI=1S/C28H28N4O10S/c1-16(33)24-22-12-23(25(30(22)26(24)34)27(35)41-14-17-2-6-19(7-3-17)31(37)38)43-21-10-11-29(13-21)28(36)42-15-18-4-8-20(9-5-18)32(39)40/h2-9,16,21-22,24,33H,10-15H2,1H3/t16-,21+,22-,24-/m1/s1. The van der Waals surface area contributed by atoms with Crippen LogP contribution in [0.25, 0.3) is 0 Å². The van der Waals surface area contributed by atoms with E-state index in [4.69, 9.17) is 9.47 Å². The zero-order valence-electron chi connectivity index (χ0n) is 23.0. The molecule has 2 aromatic carbocycles. The van der Waals surface area contributed by atoms with E-state index in [9.17, 15) is 39.7 Å². The summed E-state index contributed by atoms with van der Waals surface area (Å²) in [6, 6.07) is 10.9. The molecule has 226 valence electrons. The van der Waals surface area contributed by atoms with Crippen LogP contribution in [0.15, 0.2) is 59.1 Å². The molecular weight excluding hydrogens is 584 g/mol. The van der Waals surface area contributed by atoms with Gasteiger partial charge in [-0.15, -0.1) is 11.8 Å². The summed E-state index contributed by atoms with van der Waals surface area (Å²) in [5.74, 6) is -1.70. The highest BCUT2D eigenvalue weighted by molar-refractivity contribution is 8.03. The van der Waals surface area contributed by atoms with E-state index in [0.29, 0.717) is 42.0 Å². The molecule has 4 atom stereocenters. The average molecular weight is 613 g/mol. The highest BCUT2D eigenvalue weighted by Gasteiger charge is 2.57. The fourth-order valence-corrected chi connectivity index (χ4v) is 6.84. The van der Waals surface area contributed by atoms with Crippen molar-refractivity contribution in [1.29, 1.82) is 0 Å². The van der Waals surface area contributed by atoms with Gasteiger partial charge in [0.1, 0.15) is 18.9 Å². The molecule has 0 unspecified atom stereocenters. The molecule has 14 nitrogen and oxygen atoms in total. The van der Waals surface area contributed by atoms with Gasteiger partial charge >= 0.3 is 12.1 Å². The molecule has 0 saturated carbocycles. The Morgan fingerprint density at radius 1 is 1.00 bits per heavy atom. The number of aliphatic hydroxyl groups excluding tert-OH is 1. The van der Waals surface area contributed by atoms with Crippen molar-refractivity contribution >= 4 is 41.1 Å². The fourth-order valence-electron chi connectivity index (χ4n) is 5.40. The molecule has 3 aliphatic heterocycles. The zero-order valence-corrected chi connectivity index (χ0v) is 23.8. The monoisotopic (exact) mass is 612 g/mol. The summed E-state index contributed by atoms with van der Waals surface area (Å²) >= 11 is 1.40. The van der Waals surface area contributed by atoms with Gasteiger partial charge in [0.05, 0.1) is 27.9 Å². The number of hydrogen-bond acceptors (Lipinski definition) is 11. The summed E-state index contributed by atoms with van der Waals surface area (Å²) < 4.78 is 10.9. The Morgan fingerprint density at radius 3 is 2.09 bits per heavy atom. The number of non-ortho nitro benzene ring substituents is 2. The number of β-lactam (4-membered cyclic amide) rings is 1. The SMILES string of the molecule is C[C@@H](O)[C@H]1C(=O)N2C(C(=O)OCc3ccc([N+](=O)[O-])cc3)=C(S[C@H]3CCN(C(=O)OCc4ccc([N+](=O)[O-])cc4)C3)C[C@H]12. The van der Waals surface area contributed by atoms with Crippen molar-refractivity contribution in [2.45, 2.75) is 50.4 Å². The maximum absolute atomic E-state index is 13.3. The molecule has 0 radical (unpaired) electrons. The Bertz CT molecular complexity index is 1480. The number of likely N-dealkylation sites (tertiary alicyclic amines) is 1. The Hall–Kier alpha value is -4.50. The minimum Gasteiger partial charge on any atom is -0.456 e. The first kappa shape index (κ1) is 30.0. The lowest BCUT2D eigenvalue weighted by Crippen LogP contribution is -2.61. The van der Waals surface area contributed by atoms with Gasteiger partial charge < -0.3 is 24.4 Å². The number of nitrogens with zero attached hydrogens (tertiary/aromatic N) is 4. The van der Waals surface area contributed by atoms with E-state index in [1.165, 1.54) is 72.1 Å². The largest absolute Gasteiger partial charge is 0.456 e. The minimum atomic E-state index is -0.886. The number of thioether (sulfide) groups is 1. The van der Waals surface area contributed by atoms with Crippen LogP contribution in [0.3, 0.4) is 0 Å². The summed E-state index contributed by atoms with van der Waals surface area (Å²) in [6.45, 7) is 2.11. The van der Waals surface area contributed by atoms with E-state index in [1.807, 2.05) is 0 Å². The van der Waals surface area contributed by atoms with Crippen molar-refractivity contribution in [2.24, 2.45) is 5.92 Å². The van der Waals surface area contributed by atoms with Crippen LogP contribution in [0.4, 0.5) is 16.2 Å². The second-order valence-electron chi connectivity index (χ2n) is 10.5. The number of nitro groups is 2. The van der Waals surface area contributed by atoms with E-state index >= 15 is 0 Å². The van der Waals surface area contributed by atoms with Crippen LogP contribution in [0.1, 0.15) is 30.9 Å². The Kier molecular flexibility index (Phi) is 8.64. The number of amides is 2. The summed E-state index contributed by atoms with van der Waals surface area (Å²) in [6.07, 6.45) is -0.430. The number of nitro benzene ring substituents is 2. The quantitative estimate of drug-likeness (QED) is 0.179. The van der Waals surface area contributed by atoms with Crippen molar-refractivity contribution in [1.82, 2.24) is 9.80 Å². The second-order valence-corrected chi connectivity index (χ2v) is 11.9. The van der Waals surface area contributed by atoms with Crippen LogP contribution in [-0.4, -0.2) is 73.2 Å². The van der Waals surface area contributed by atoms with Crippen LogP contribution < -0.4 is 0 Å². The Balaban J connectivity index is 1.22. The topological polar surface area (TPSA) is 183 Å². The van der Waals surface area contributed by atoms with E-state index in [0.717, 1.165) is 0 Å². The number of hydrogen-bond donors (Lipinski definition) is 1. The predicted molar refractivity (Wildman–Crippen MR) is 151 cm³/mol. The third kappa shape index (κ3) is 6.32. The predicted octanol–water partition coefficient (Wildman–Crippen LogP) is 3.51. The maximum Gasteiger partial charge on any atom is 0.410 e. The maximum atomic E-state index is 13.3. The number of rotatable bonds is 10. The number of aliphatic hydroxyl groups is 1. The van der Waals surface area contributed by atoms with E-state index < -0.39 is 33.9 Å². The van der Waals surface area contributed by atoms with Crippen molar-refractivity contribution in [3.8, 4) is 0 Å². The van der Waals surface area contributed by atoms with Gasteiger partial charge in [0.2, 0.25) is 5.91 Å². The first-order valence-corrected chi connectivity index (χ1v) is 14.4. The molecule has 2 aromatic rings. The number of ether oxygens (including phenoxy) is 2. The Morgan fingerprint density at radius 2 is 1.56 bits per heavy atom. The zero-order chi connectivity index (χ0) is 30.8. The molecule has 0 bridgehead atoms. The molecule has 15 heteroatoms. The average Bonchev–Trinajstić information content (AvgIpc) is 3.57. The number of fused-ring (bicyclic) bond motifs is 1. The van der Waals surface area contributed by atoms with Crippen LogP contribution in [0.2, 0.25) is 0 Å². The van der Waals surface area contributed by atoms with Gasteiger partial charge in [-0.3, -0.25) is 25.0 Å². The summed E-state index contributed by atoms with van der Waals surface area (Å²) in [7, 11) is 0. The number of carbonyl (C=O) groups excluding carboxylic acids is 3. The summed E-state index contributed by atoms with van der Waals surface area (Å²) in [5.41, 5.74) is 1.12. The molecule has 0 aliphatic carbocycles. The molecule has 1 N–H and O–H groups in total.